The van der Waals surface area contributed by atoms with E-state index in [1.807, 2.05) is 31.2 Å². The summed E-state index contributed by atoms with van der Waals surface area (Å²) in [5, 5.41) is 3.69. The molecule has 1 aromatic heterocycles. The van der Waals surface area contributed by atoms with E-state index >= 15 is 0 Å². The molecule has 1 heterocycles. The number of furan rings is 1. The Labute approximate surface area is 117 Å². The Hall–Kier alpha value is -1.88. The predicted octanol–water partition coefficient (Wildman–Crippen LogP) is 2.62. The van der Waals surface area contributed by atoms with Gasteiger partial charge >= 0.3 is 0 Å². The lowest BCUT2D eigenvalue weighted by atomic mass is 10.1. The highest BCUT2D eigenvalue weighted by atomic mass is 32.1. The molecule has 1 atom stereocenters. The molecule has 4 nitrogen and oxygen atoms in total. The molecule has 2 rings (SSSR count). The first-order chi connectivity index (χ1) is 9.11. The molecule has 0 bridgehead atoms. The Morgan fingerprint density at radius 1 is 1.47 bits per heavy atom. The Balaban J connectivity index is 2.16. The third-order valence-corrected chi connectivity index (χ3v) is 3.16. The van der Waals surface area contributed by atoms with Gasteiger partial charge in [-0.25, -0.2) is 0 Å². The standard InChI is InChI=1S/C14H16N2O2S/c1-2-5-10(13(15)19)16-14(17)12-8-9-6-3-4-7-11(9)18-12/h3-4,6-8,10H,2,5H2,1H3,(H2,15,19)(H,16,17). The van der Waals surface area contributed by atoms with Gasteiger partial charge in [-0.15, -0.1) is 0 Å². The molecular weight excluding hydrogens is 260 g/mol. The van der Waals surface area contributed by atoms with Crippen LogP contribution >= 0.6 is 12.2 Å². The number of rotatable bonds is 5. The highest BCUT2D eigenvalue weighted by molar-refractivity contribution is 7.80. The zero-order chi connectivity index (χ0) is 13.8. The van der Waals surface area contributed by atoms with Crippen LogP contribution in [-0.4, -0.2) is 16.9 Å². The van der Waals surface area contributed by atoms with Gasteiger partial charge in [-0.1, -0.05) is 43.8 Å². The number of nitrogens with two attached hydrogens (primary N) is 1. The molecule has 2 aromatic rings. The van der Waals surface area contributed by atoms with Gasteiger partial charge in [0.2, 0.25) is 0 Å². The molecule has 1 amide bonds. The van der Waals surface area contributed by atoms with E-state index in [0.29, 0.717) is 10.6 Å². The van der Waals surface area contributed by atoms with Crippen molar-refractivity contribution in [2.45, 2.75) is 25.8 Å². The lowest BCUT2D eigenvalue weighted by Crippen LogP contribution is -2.43. The zero-order valence-corrected chi connectivity index (χ0v) is 11.5. The number of thiocarbonyl (C=S) groups is 1. The number of carbonyl (C=O) groups excluding carboxylic acids is 1. The number of amides is 1. The Morgan fingerprint density at radius 3 is 2.84 bits per heavy atom. The molecule has 5 heteroatoms. The monoisotopic (exact) mass is 276 g/mol. The summed E-state index contributed by atoms with van der Waals surface area (Å²) < 4.78 is 5.49. The van der Waals surface area contributed by atoms with E-state index in [0.717, 1.165) is 18.2 Å². The summed E-state index contributed by atoms with van der Waals surface area (Å²) in [5.74, 6) is -0.0130. The van der Waals surface area contributed by atoms with Crippen molar-refractivity contribution in [2.24, 2.45) is 5.73 Å². The maximum atomic E-state index is 12.1. The molecule has 1 aromatic carbocycles. The van der Waals surface area contributed by atoms with Crippen LogP contribution in [0.3, 0.4) is 0 Å². The fourth-order valence-corrected chi connectivity index (χ4v) is 2.07. The van der Waals surface area contributed by atoms with Crippen LogP contribution < -0.4 is 11.1 Å². The second kappa shape index (κ2) is 5.84. The van der Waals surface area contributed by atoms with E-state index in [1.54, 1.807) is 6.07 Å². The molecule has 0 radical (unpaired) electrons. The molecule has 0 aliphatic rings. The summed E-state index contributed by atoms with van der Waals surface area (Å²) >= 11 is 4.95. The molecule has 1 unspecified atom stereocenters. The summed E-state index contributed by atoms with van der Waals surface area (Å²) in [5.41, 5.74) is 6.30. The number of carbonyl (C=O) groups is 1. The molecular formula is C14H16N2O2S. The average molecular weight is 276 g/mol. The van der Waals surface area contributed by atoms with Crippen LogP contribution in [0.5, 0.6) is 0 Å². The summed E-state index contributed by atoms with van der Waals surface area (Å²) in [7, 11) is 0. The van der Waals surface area contributed by atoms with Crippen LogP contribution in [0.2, 0.25) is 0 Å². The van der Waals surface area contributed by atoms with Crippen LogP contribution in [0.4, 0.5) is 0 Å². The quantitative estimate of drug-likeness (QED) is 0.824. The van der Waals surface area contributed by atoms with Gasteiger partial charge in [-0.05, 0) is 18.6 Å². The number of benzene rings is 1. The van der Waals surface area contributed by atoms with Crippen molar-refractivity contribution in [3.63, 3.8) is 0 Å². The minimum Gasteiger partial charge on any atom is -0.451 e. The minimum atomic E-state index is -0.291. The van der Waals surface area contributed by atoms with Gasteiger partial charge in [-0.2, -0.15) is 0 Å². The highest BCUT2D eigenvalue weighted by Gasteiger charge is 2.18. The smallest absolute Gasteiger partial charge is 0.287 e. The normalized spacial score (nSPS) is 12.3. The predicted molar refractivity (Wildman–Crippen MR) is 79.2 cm³/mol. The SMILES string of the molecule is CCCC(NC(=O)c1cc2ccccc2o1)C(N)=S. The molecule has 0 saturated heterocycles. The van der Waals surface area contributed by atoms with Crippen molar-refractivity contribution in [1.82, 2.24) is 5.32 Å². The van der Waals surface area contributed by atoms with E-state index in [2.05, 4.69) is 5.32 Å². The highest BCUT2D eigenvalue weighted by Crippen LogP contribution is 2.18. The van der Waals surface area contributed by atoms with Crippen molar-refractivity contribution in [1.29, 1.82) is 0 Å². The van der Waals surface area contributed by atoms with Gasteiger partial charge in [0, 0.05) is 5.39 Å². The first kappa shape index (κ1) is 13.5. The molecule has 100 valence electrons. The van der Waals surface area contributed by atoms with Gasteiger partial charge < -0.3 is 15.5 Å². The van der Waals surface area contributed by atoms with E-state index < -0.39 is 0 Å². The largest absolute Gasteiger partial charge is 0.451 e. The van der Waals surface area contributed by atoms with E-state index in [4.69, 9.17) is 22.4 Å². The van der Waals surface area contributed by atoms with E-state index in [1.165, 1.54) is 0 Å². The van der Waals surface area contributed by atoms with Crippen molar-refractivity contribution < 1.29 is 9.21 Å². The summed E-state index contributed by atoms with van der Waals surface area (Å²) in [6.45, 7) is 2.01. The maximum absolute atomic E-state index is 12.1. The Morgan fingerprint density at radius 2 is 2.21 bits per heavy atom. The second-order valence-corrected chi connectivity index (χ2v) is 4.84. The van der Waals surface area contributed by atoms with Crippen molar-refractivity contribution in [3.05, 3.63) is 36.1 Å². The van der Waals surface area contributed by atoms with Crippen molar-refractivity contribution in [2.75, 3.05) is 0 Å². The fourth-order valence-electron chi connectivity index (χ4n) is 1.90. The summed E-state index contributed by atoms with van der Waals surface area (Å²) in [6, 6.07) is 8.90. The third kappa shape index (κ3) is 3.12. The lowest BCUT2D eigenvalue weighted by molar-refractivity contribution is 0.0920. The average Bonchev–Trinajstić information content (AvgIpc) is 2.81. The number of fused-ring (bicyclic) bond motifs is 1. The van der Waals surface area contributed by atoms with Crippen LogP contribution in [0.15, 0.2) is 34.7 Å². The van der Waals surface area contributed by atoms with Gasteiger partial charge in [0.25, 0.3) is 5.91 Å². The number of hydrogen-bond acceptors (Lipinski definition) is 3. The Kier molecular flexibility index (Phi) is 4.16. The molecule has 0 fully saturated rings. The molecule has 0 saturated carbocycles. The van der Waals surface area contributed by atoms with E-state index in [9.17, 15) is 4.79 Å². The minimum absolute atomic E-state index is 0.276. The Bertz CT molecular complexity index is 573. The number of hydrogen-bond donors (Lipinski definition) is 2. The molecule has 0 aliphatic heterocycles. The van der Waals surface area contributed by atoms with Crippen molar-refractivity contribution in [3.8, 4) is 0 Å². The maximum Gasteiger partial charge on any atom is 0.287 e. The molecule has 19 heavy (non-hydrogen) atoms. The number of para-hydroxylation sites is 1. The van der Waals surface area contributed by atoms with Gasteiger partial charge in [0.05, 0.1) is 11.0 Å². The van der Waals surface area contributed by atoms with Crippen LogP contribution in [0.25, 0.3) is 11.0 Å². The van der Waals surface area contributed by atoms with Gasteiger partial charge in [-0.3, -0.25) is 4.79 Å². The molecule has 3 N–H and O–H groups in total. The zero-order valence-electron chi connectivity index (χ0n) is 10.7. The third-order valence-electron chi connectivity index (χ3n) is 2.88. The van der Waals surface area contributed by atoms with Crippen LogP contribution in [0, 0.1) is 0 Å². The van der Waals surface area contributed by atoms with Gasteiger partial charge in [0.15, 0.2) is 5.76 Å². The number of nitrogens with one attached hydrogen (secondary N) is 1. The van der Waals surface area contributed by atoms with E-state index in [-0.39, 0.29) is 17.7 Å². The lowest BCUT2D eigenvalue weighted by Gasteiger charge is -2.15. The van der Waals surface area contributed by atoms with Gasteiger partial charge in [0.1, 0.15) is 5.58 Å². The second-order valence-electron chi connectivity index (χ2n) is 4.37. The fraction of sp³-hybridized carbons (Fsp3) is 0.286. The summed E-state index contributed by atoms with van der Waals surface area (Å²) in [6.07, 6.45) is 1.61. The van der Waals surface area contributed by atoms with Crippen molar-refractivity contribution >= 4 is 34.1 Å². The molecule has 0 spiro atoms. The van der Waals surface area contributed by atoms with Crippen LogP contribution in [0.1, 0.15) is 30.3 Å². The van der Waals surface area contributed by atoms with Crippen LogP contribution in [-0.2, 0) is 0 Å². The summed E-state index contributed by atoms with van der Waals surface area (Å²) in [4.78, 5) is 12.4. The topological polar surface area (TPSA) is 68.3 Å². The molecule has 0 aliphatic carbocycles. The first-order valence-electron chi connectivity index (χ1n) is 6.20. The first-order valence-corrected chi connectivity index (χ1v) is 6.61.